The minimum absolute atomic E-state index is 0.0454. The van der Waals surface area contributed by atoms with Crippen LogP contribution in [0.2, 0.25) is 0 Å². The smallest absolute Gasteiger partial charge is 0.259 e. The number of nitrogens with zero attached hydrogens (tertiary/aromatic N) is 4. The fraction of sp³-hybridized carbons (Fsp3) is 0.265. The van der Waals surface area contributed by atoms with E-state index >= 15 is 0 Å². The molecule has 0 spiro atoms. The Kier molecular flexibility index (Phi) is 8.24. The monoisotopic (exact) mass is 584 g/mol. The van der Waals surface area contributed by atoms with Gasteiger partial charge in [0.25, 0.3) is 11.8 Å². The predicted octanol–water partition coefficient (Wildman–Crippen LogP) is 5.90. The number of carbonyl (C=O) groups excluding carboxylic acids is 2. The number of benzene rings is 3. The summed E-state index contributed by atoms with van der Waals surface area (Å²) in [4.78, 5) is 36.9. The van der Waals surface area contributed by atoms with Gasteiger partial charge in [0.1, 0.15) is 11.4 Å². The first-order chi connectivity index (χ1) is 20.9. The van der Waals surface area contributed by atoms with E-state index in [0.717, 1.165) is 28.6 Å². The van der Waals surface area contributed by atoms with Crippen LogP contribution in [0.15, 0.2) is 84.9 Å². The molecule has 2 fully saturated rings. The van der Waals surface area contributed by atoms with Gasteiger partial charge in [-0.2, -0.15) is 0 Å². The van der Waals surface area contributed by atoms with Gasteiger partial charge >= 0.3 is 0 Å². The Balaban J connectivity index is 1.10. The summed E-state index contributed by atoms with van der Waals surface area (Å²) < 4.78 is 42.0. The molecule has 6 rings (SSSR count). The largest absolute Gasteiger partial charge is 0.338 e. The maximum atomic E-state index is 14.2. The summed E-state index contributed by atoms with van der Waals surface area (Å²) >= 11 is 0. The quantitative estimate of drug-likeness (QED) is 0.275. The Morgan fingerprint density at radius 1 is 0.628 bits per heavy atom. The maximum Gasteiger partial charge on any atom is 0.259 e. The number of halogens is 3. The Hall–Kier alpha value is -4.50. The van der Waals surface area contributed by atoms with Gasteiger partial charge in [-0.3, -0.25) is 14.5 Å². The van der Waals surface area contributed by atoms with Crippen molar-refractivity contribution >= 4 is 11.8 Å². The van der Waals surface area contributed by atoms with Crippen LogP contribution in [0.5, 0.6) is 0 Å². The molecule has 2 saturated heterocycles. The first-order valence-electron chi connectivity index (χ1n) is 14.5. The van der Waals surface area contributed by atoms with Crippen LogP contribution >= 0.6 is 0 Å². The van der Waals surface area contributed by atoms with Gasteiger partial charge in [-0.25, -0.2) is 18.2 Å². The molecule has 0 radical (unpaired) electrons. The third-order valence-corrected chi connectivity index (χ3v) is 8.34. The van der Waals surface area contributed by atoms with Crippen LogP contribution < -0.4 is 0 Å². The Bertz CT molecular complexity index is 1560. The molecular formula is C34H31F3N4O2. The molecule has 3 heterocycles. The van der Waals surface area contributed by atoms with Crippen LogP contribution in [-0.2, 0) is 0 Å². The van der Waals surface area contributed by atoms with Crippen LogP contribution in [0.1, 0.15) is 33.6 Å². The number of hydrogen-bond acceptors (Lipinski definition) is 4. The number of likely N-dealkylation sites (tertiary alicyclic amines) is 1. The summed E-state index contributed by atoms with van der Waals surface area (Å²) in [6, 6.07) is 25.0. The zero-order valence-electron chi connectivity index (χ0n) is 23.6. The fourth-order valence-electron chi connectivity index (χ4n) is 5.96. The number of carbonyl (C=O) groups is 2. The second-order valence-corrected chi connectivity index (χ2v) is 10.9. The lowest BCUT2D eigenvalue weighted by Gasteiger charge is -2.42. The van der Waals surface area contributed by atoms with Crippen molar-refractivity contribution in [3.05, 3.63) is 114 Å². The van der Waals surface area contributed by atoms with E-state index in [0.29, 0.717) is 63.7 Å². The molecular weight excluding hydrogens is 553 g/mol. The average molecular weight is 585 g/mol. The molecule has 3 aromatic carbocycles. The highest BCUT2D eigenvalue weighted by molar-refractivity contribution is 5.96. The van der Waals surface area contributed by atoms with E-state index in [2.05, 4.69) is 4.90 Å². The van der Waals surface area contributed by atoms with E-state index in [1.54, 1.807) is 0 Å². The minimum atomic E-state index is -1.45. The average Bonchev–Trinajstić information content (AvgIpc) is 3.07. The van der Waals surface area contributed by atoms with E-state index in [4.69, 9.17) is 4.98 Å². The Morgan fingerprint density at radius 3 is 1.70 bits per heavy atom. The second kappa shape index (κ2) is 12.4. The van der Waals surface area contributed by atoms with Crippen molar-refractivity contribution in [3.63, 3.8) is 0 Å². The lowest BCUT2D eigenvalue weighted by molar-refractivity contribution is 0.0408. The third-order valence-electron chi connectivity index (χ3n) is 8.34. The van der Waals surface area contributed by atoms with Gasteiger partial charge < -0.3 is 9.80 Å². The maximum absolute atomic E-state index is 14.2. The van der Waals surface area contributed by atoms with Crippen molar-refractivity contribution in [2.75, 3.05) is 39.3 Å². The van der Waals surface area contributed by atoms with Crippen molar-refractivity contribution in [1.29, 1.82) is 0 Å². The molecule has 0 unspecified atom stereocenters. The molecule has 2 aliphatic heterocycles. The summed E-state index contributed by atoms with van der Waals surface area (Å²) in [7, 11) is 0. The van der Waals surface area contributed by atoms with Crippen LogP contribution in [0.3, 0.4) is 0 Å². The number of piperidine rings is 1. The van der Waals surface area contributed by atoms with Crippen molar-refractivity contribution in [2.24, 2.45) is 0 Å². The van der Waals surface area contributed by atoms with Gasteiger partial charge in [0.15, 0.2) is 11.6 Å². The number of aromatic nitrogens is 1. The minimum Gasteiger partial charge on any atom is -0.338 e. The summed E-state index contributed by atoms with van der Waals surface area (Å²) in [5.41, 5.74) is 3.10. The molecule has 220 valence electrons. The van der Waals surface area contributed by atoms with Gasteiger partial charge in [-0.1, -0.05) is 60.7 Å². The zero-order valence-corrected chi connectivity index (χ0v) is 23.6. The highest BCUT2D eigenvalue weighted by Crippen LogP contribution is 2.27. The number of piperazine rings is 1. The Labute approximate surface area is 248 Å². The zero-order chi connectivity index (χ0) is 29.9. The van der Waals surface area contributed by atoms with Crippen LogP contribution in [0, 0.1) is 17.5 Å². The lowest BCUT2D eigenvalue weighted by atomic mass is 10.0. The highest BCUT2D eigenvalue weighted by atomic mass is 19.2. The van der Waals surface area contributed by atoms with Crippen molar-refractivity contribution in [3.8, 4) is 22.5 Å². The number of rotatable bonds is 5. The SMILES string of the molecule is O=C(c1cc(-c2ccccc2)nc(-c2ccccc2)c1)N1CCN(C2CCN(C(=O)c3c(F)ccc(F)c3F)CC2)CC1. The van der Waals surface area contributed by atoms with Gasteiger partial charge in [-0.15, -0.1) is 0 Å². The van der Waals surface area contributed by atoms with Crippen LogP contribution in [-0.4, -0.2) is 76.8 Å². The molecule has 1 aromatic heterocycles. The predicted molar refractivity (Wildman–Crippen MR) is 158 cm³/mol. The van der Waals surface area contributed by atoms with E-state index < -0.39 is 28.9 Å². The van der Waals surface area contributed by atoms with Crippen molar-refractivity contribution < 1.29 is 22.8 Å². The van der Waals surface area contributed by atoms with Crippen molar-refractivity contribution in [1.82, 2.24) is 19.7 Å². The van der Waals surface area contributed by atoms with Crippen molar-refractivity contribution in [2.45, 2.75) is 18.9 Å². The van der Waals surface area contributed by atoms with E-state index in [1.165, 1.54) is 4.90 Å². The van der Waals surface area contributed by atoms with Gasteiger partial charge in [0, 0.05) is 62.0 Å². The van der Waals surface area contributed by atoms with Gasteiger partial charge in [-0.05, 0) is 37.1 Å². The molecule has 0 atom stereocenters. The van der Waals surface area contributed by atoms with E-state index in [9.17, 15) is 22.8 Å². The van der Waals surface area contributed by atoms with Gasteiger partial charge in [0.2, 0.25) is 0 Å². The molecule has 43 heavy (non-hydrogen) atoms. The molecule has 9 heteroatoms. The fourth-order valence-corrected chi connectivity index (χ4v) is 5.96. The second-order valence-electron chi connectivity index (χ2n) is 10.9. The van der Waals surface area contributed by atoms with E-state index in [-0.39, 0.29) is 11.9 Å². The normalized spacial score (nSPS) is 16.3. The van der Waals surface area contributed by atoms with Gasteiger partial charge in [0.05, 0.1) is 11.4 Å². The van der Waals surface area contributed by atoms with Crippen LogP contribution in [0.4, 0.5) is 13.2 Å². The summed E-state index contributed by atoms with van der Waals surface area (Å²) in [5, 5.41) is 0. The first-order valence-corrected chi connectivity index (χ1v) is 14.5. The number of hydrogen-bond donors (Lipinski definition) is 0. The molecule has 0 N–H and O–H groups in total. The van der Waals surface area contributed by atoms with E-state index in [1.807, 2.05) is 77.7 Å². The summed E-state index contributed by atoms with van der Waals surface area (Å²) in [5.74, 6) is -4.63. The molecule has 6 nitrogen and oxygen atoms in total. The number of amides is 2. The molecule has 4 aromatic rings. The molecule has 2 amide bonds. The summed E-state index contributed by atoms with van der Waals surface area (Å²) in [6.45, 7) is 3.11. The molecule has 0 aliphatic carbocycles. The molecule has 2 aliphatic rings. The Morgan fingerprint density at radius 2 is 1.14 bits per heavy atom. The summed E-state index contributed by atoms with van der Waals surface area (Å²) in [6.07, 6.45) is 1.26. The third kappa shape index (κ3) is 6.03. The highest BCUT2D eigenvalue weighted by Gasteiger charge is 2.33. The standard InChI is InChI=1S/C34H31F3N4O2/c35-27-11-12-28(36)32(37)31(27)34(43)40-15-13-26(14-16-40)39-17-19-41(20-18-39)33(42)25-21-29(23-7-3-1-4-8-23)38-30(22-25)24-9-5-2-6-10-24/h1-12,21-22,26H,13-20H2. The lowest BCUT2D eigenvalue weighted by Crippen LogP contribution is -2.54. The topological polar surface area (TPSA) is 56.8 Å². The molecule has 0 bridgehead atoms. The van der Waals surface area contributed by atoms with Crippen LogP contribution in [0.25, 0.3) is 22.5 Å². The molecule has 0 saturated carbocycles. The number of pyridine rings is 1. The first kappa shape index (κ1) is 28.6.